The maximum absolute atomic E-state index is 13.9. The molecule has 0 radical (unpaired) electrons. The van der Waals surface area contributed by atoms with Crippen molar-refractivity contribution in [2.45, 2.75) is 68.9 Å². The minimum Gasteiger partial charge on any atom is -0.497 e. The summed E-state index contributed by atoms with van der Waals surface area (Å²) < 4.78 is 5.32. The molecule has 3 atom stereocenters. The molecule has 2 heterocycles. The van der Waals surface area contributed by atoms with Crippen LogP contribution in [0.3, 0.4) is 0 Å². The summed E-state index contributed by atoms with van der Waals surface area (Å²) in [5, 5.41) is 9.71. The molecule has 4 nitrogen and oxygen atoms in total. The van der Waals surface area contributed by atoms with Gasteiger partial charge in [-0.25, -0.2) is 0 Å². The summed E-state index contributed by atoms with van der Waals surface area (Å²) in [7, 11) is 1.68. The fourth-order valence-electron chi connectivity index (χ4n) is 6.52. The second-order valence-corrected chi connectivity index (χ2v) is 9.21. The molecule has 2 saturated carbocycles. The van der Waals surface area contributed by atoms with E-state index in [1.807, 2.05) is 12.1 Å². The average Bonchev–Trinajstić information content (AvgIpc) is 3.17. The minimum absolute atomic E-state index is 0.213. The number of hydrogen-bond acceptors (Lipinski definition) is 3. The van der Waals surface area contributed by atoms with E-state index in [0.717, 1.165) is 43.4 Å². The molecule has 1 aromatic rings. The summed E-state index contributed by atoms with van der Waals surface area (Å²) in [5.41, 5.74) is 1.23. The first-order chi connectivity index (χ1) is 12.6. The zero-order valence-corrected chi connectivity index (χ0v) is 15.6. The molecule has 4 fully saturated rings. The van der Waals surface area contributed by atoms with Crippen LogP contribution in [0.1, 0.15) is 56.9 Å². The molecule has 1 N–H and O–H groups in total. The number of hydrogen-bond donors (Lipinski definition) is 1. The van der Waals surface area contributed by atoms with Crippen LogP contribution in [0.25, 0.3) is 0 Å². The molecule has 5 rings (SSSR count). The molecule has 1 aromatic carbocycles. The molecular formula is C22H29NO3. The monoisotopic (exact) mass is 355 g/mol. The quantitative estimate of drug-likeness (QED) is 0.902. The predicted molar refractivity (Wildman–Crippen MR) is 99.0 cm³/mol. The Morgan fingerprint density at radius 2 is 1.96 bits per heavy atom. The van der Waals surface area contributed by atoms with Gasteiger partial charge >= 0.3 is 0 Å². The summed E-state index contributed by atoms with van der Waals surface area (Å²) in [5.74, 6) is 1.46. The Hall–Kier alpha value is -1.55. The summed E-state index contributed by atoms with van der Waals surface area (Å²) in [4.78, 5) is 16.1. The van der Waals surface area contributed by atoms with Gasteiger partial charge in [0.1, 0.15) is 5.75 Å². The molecule has 2 aliphatic heterocycles. The smallest absolute Gasteiger partial charge is 0.233 e. The SMILES string of the molecule is COc1ccc(C2(C(=O)N3C4CCC3C(CO)C4)CC3(CCC3)C2)cc1. The van der Waals surface area contributed by atoms with E-state index < -0.39 is 0 Å². The van der Waals surface area contributed by atoms with Gasteiger partial charge in [-0.1, -0.05) is 18.6 Å². The van der Waals surface area contributed by atoms with Gasteiger partial charge in [-0.2, -0.15) is 0 Å². The van der Waals surface area contributed by atoms with Crippen LogP contribution in [0.15, 0.2) is 24.3 Å². The van der Waals surface area contributed by atoms with Gasteiger partial charge in [-0.15, -0.1) is 0 Å². The van der Waals surface area contributed by atoms with E-state index in [1.165, 1.54) is 19.3 Å². The van der Waals surface area contributed by atoms with Crippen LogP contribution in [-0.4, -0.2) is 41.7 Å². The van der Waals surface area contributed by atoms with Crippen LogP contribution < -0.4 is 4.74 Å². The molecule has 2 saturated heterocycles. The van der Waals surface area contributed by atoms with Crippen LogP contribution in [-0.2, 0) is 10.2 Å². The Balaban J connectivity index is 1.48. The van der Waals surface area contributed by atoms with Crippen molar-refractivity contribution in [3.63, 3.8) is 0 Å². The van der Waals surface area contributed by atoms with Gasteiger partial charge < -0.3 is 14.7 Å². The number of rotatable bonds is 4. The highest BCUT2D eigenvalue weighted by molar-refractivity contribution is 5.91. The number of benzene rings is 1. The minimum atomic E-state index is -0.349. The summed E-state index contributed by atoms with van der Waals surface area (Å²) in [6, 6.07) is 8.78. The number of ether oxygens (including phenoxy) is 1. The number of fused-ring (bicyclic) bond motifs is 2. The third-order valence-corrected chi connectivity index (χ3v) is 7.95. The molecule has 1 spiro atoms. The Morgan fingerprint density at radius 1 is 1.23 bits per heavy atom. The van der Waals surface area contributed by atoms with Gasteiger partial charge in [0, 0.05) is 24.6 Å². The van der Waals surface area contributed by atoms with Crippen molar-refractivity contribution in [3.05, 3.63) is 29.8 Å². The van der Waals surface area contributed by atoms with E-state index in [9.17, 15) is 9.90 Å². The van der Waals surface area contributed by atoms with Gasteiger partial charge in [0.25, 0.3) is 0 Å². The number of methoxy groups -OCH3 is 1. The van der Waals surface area contributed by atoms with E-state index in [4.69, 9.17) is 4.74 Å². The third-order valence-electron chi connectivity index (χ3n) is 7.95. The molecule has 1 amide bonds. The summed E-state index contributed by atoms with van der Waals surface area (Å²) >= 11 is 0. The maximum atomic E-state index is 13.9. The van der Waals surface area contributed by atoms with E-state index in [2.05, 4.69) is 17.0 Å². The number of carbonyl (C=O) groups is 1. The molecule has 0 aromatic heterocycles. The first kappa shape index (κ1) is 16.6. The largest absolute Gasteiger partial charge is 0.497 e. The fraction of sp³-hybridized carbons (Fsp3) is 0.682. The Bertz CT molecular complexity index is 701. The summed E-state index contributed by atoms with van der Waals surface area (Å²) in [6.45, 7) is 0.213. The first-order valence-corrected chi connectivity index (χ1v) is 10.2. The van der Waals surface area contributed by atoms with E-state index in [-0.39, 0.29) is 24.0 Å². The Morgan fingerprint density at radius 3 is 2.50 bits per heavy atom. The van der Waals surface area contributed by atoms with Gasteiger partial charge in [-0.05, 0) is 68.1 Å². The van der Waals surface area contributed by atoms with Crippen molar-refractivity contribution in [2.24, 2.45) is 11.3 Å². The number of amides is 1. The van der Waals surface area contributed by atoms with Gasteiger partial charge in [0.05, 0.1) is 12.5 Å². The zero-order valence-electron chi connectivity index (χ0n) is 15.6. The lowest BCUT2D eigenvalue weighted by Gasteiger charge is -2.61. The molecule has 26 heavy (non-hydrogen) atoms. The van der Waals surface area contributed by atoms with Gasteiger partial charge in [0.15, 0.2) is 0 Å². The topological polar surface area (TPSA) is 49.8 Å². The average molecular weight is 355 g/mol. The molecule has 4 aliphatic rings. The number of carbonyl (C=O) groups excluding carboxylic acids is 1. The van der Waals surface area contributed by atoms with Crippen molar-refractivity contribution in [1.82, 2.24) is 4.90 Å². The Kier molecular flexibility index (Phi) is 3.66. The summed E-state index contributed by atoms with van der Waals surface area (Å²) in [6.07, 6.45) is 9.04. The lowest BCUT2D eigenvalue weighted by Crippen LogP contribution is -2.61. The molecule has 2 aliphatic carbocycles. The van der Waals surface area contributed by atoms with Crippen molar-refractivity contribution < 1.29 is 14.6 Å². The van der Waals surface area contributed by atoms with E-state index >= 15 is 0 Å². The van der Waals surface area contributed by atoms with Crippen LogP contribution >= 0.6 is 0 Å². The highest BCUT2D eigenvalue weighted by atomic mass is 16.5. The highest BCUT2D eigenvalue weighted by Crippen LogP contribution is 2.66. The number of aliphatic hydroxyl groups excluding tert-OH is 1. The van der Waals surface area contributed by atoms with Crippen molar-refractivity contribution in [3.8, 4) is 5.75 Å². The Labute approximate surface area is 155 Å². The van der Waals surface area contributed by atoms with Crippen LogP contribution in [0.2, 0.25) is 0 Å². The van der Waals surface area contributed by atoms with Crippen LogP contribution in [0.4, 0.5) is 0 Å². The lowest BCUT2D eigenvalue weighted by atomic mass is 9.43. The predicted octanol–water partition coefficient (Wildman–Crippen LogP) is 3.27. The van der Waals surface area contributed by atoms with E-state index in [1.54, 1.807) is 7.11 Å². The standard InChI is InChI=1S/C22H29NO3/c1-26-18-6-3-16(4-7-18)22(13-21(14-22)9-2-10-21)20(25)23-17-5-8-19(23)15(11-17)12-24/h3-4,6-7,15,17,19,24H,2,5,8-14H2,1H3. The van der Waals surface area contributed by atoms with Crippen molar-refractivity contribution in [1.29, 1.82) is 0 Å². The van der Waals surface area contributed by atoms with Crippen molar-refractivity contribution >= 4 is 5.91 Å². The van der Waals surface area contributed by atoms with Crippen LogP contribution in [0.5, 0.6) is 5.75 Å². The molecule has 140 valence electrons. The van der Waals surface area contributed by atoms with Crippen molar-refractivity contribution in [2.75, 3.05) is 13.7 Å². The third kappa shape index (κ3) is 2.14. The highest BCUT2D eigenvalue weighted by Gasteiger charge is 2.64. The van der Waals surface area contributed by atoms with Gasteiger partial charge in [0.2, 0.25) is 5.91 Å². The molecule has 4 heteroatoms. The lowest BCUT2D eigenvalue weighted by molar-refractivity contribution is -0.155. The zero-order chi connectivity index (χ0) is 17.9. The second kappa shape index (κ2) is 5.72. The molecule has 2 bridgehead atoms. The first-order valence-electron chi connectivity index (χ1n) is 10.2. The molecule has 3 unspecified atom stereocenters. The normalized spacial score (nSPS) is 33.0. The van der Waals surface area contributed by atoms with E-state index in [0.29, 0.717) is 17.4 Å². The molecular weight excluding hydrogens is 326 g/mol. The van der Waals surface area contributed by atoms with Crippen LogP contribution in [0, 0.1) is 11.3 Å². The maximum Gasteiger partial charge on any atom is 0.233 e. The number of aliphatic hydroxyl groups is 1. The number of nitrogens with zero attached hydrogens (tertiary/aromatic N) is 1. The van der Waals surface area contributed by atoms with Gasteiger partial charge in [-0.3, -0.25) is 4.79 Å². The second-order valence-electron chi connectivity index (χ2n) is 9.21. The fourth-order valence-corrected chi connectivity index (χ4v) is 6.52.